The minimum Gasteiger partial charge on any atom is -0.464 e. The number of hydrogen-bond donors (Lipinski definition) is 0. The fraction of sp³-hybridized carbons (Fsp3) is 0.824. The second-order valence-electron chi connectivity index (χ2n) is 6.52. The van der Waals surface area contributed by atoms with E-state index in [4.69, 9.17) is 14.7 Å². The van der Waals surface area contributed by atoms with Crippen LogP contribution in [0.1, 0.15) is 45.4 Å². The number of hydrogen-bond acceptors (Lipinski definition) is 5. The first kappa shape index (κ1) is 17.6. The first-order chi connectivity index (χ1) is 11.1. The molecule has 4 atom stereocenters. The van der Waals surface area contributed by atoms with Gasteiger partial charge in [-0.3, -0.25) is 4.90 Å². The largest absolute Gasteiger partial charge is 0.464 e. The summed E-state index contributed by atoms with van der Waals surface area (Å²) in [5.41, 5.74) is 0. The van der Waals surface area contributed by atoms with Crippen molar-refractivity contribution < 1.29 is 19.1 Å². The third-order valence-electron chi connectivity index (χ3n) is 5.21. The molecule has 0 aromatic rings. The molecule has 23 heavy (non-hydrogen) atoms. The zero-order valence-electron chi connectivity index (χ0n) is 14.0. The number of rotatable bonds is 4. The fourth-order valence-corrected chi connectivity index (χ4v) is 4.06. The first-order valence-electron chi connectivity index (χ1n) is 8.48. The van der Waals surface area contributed by atoms with Gasteiger partial charge >= 0.3 is 12.1 Å². The maximum absolute atomic E-state index is 12.2. The highest BCUT2D eigenvalue weighted by Gasteiger charge is 2.44. The van der Waals surface area contributed by atoms with Crippen LogP contribution in [0.5, 0.6) is 0 Å². The van der Waals surface area contributed by atoms with Crippen molar-refractivity contribution in [3.8, 4) is 6.07 Å². The molecule has 0 spiro atoms. The summed E-state index contributed by atoms with van der Waals surface area (Å²) in [6.07, 6.45) is 4.90. The van der Waals surface area contributed by atoms with Gasteiger partial charge in [0.2, 0.25) is 0 Å². The molecular weight excluding hydrogens is 296 g/mol. The molecular formula is C17H26N2O4. The summed E-state index contributed by atoms with van der Waals surface area (Å²) in [5.74, 6) is 1.06. The van der Waals surface area contributed by atoms with Gasteiger partial charge in [0.05, 0.1) is 19.8 Å². The highest BCUT2D eigenvalue weighted by molar-refractivity contribution is 5.81. The van der Waals surface area contributed by atoms with Crippen LogP contribution in [0.3, 0.4) is 0 Å². The second kappa shape index (κ2) is 8.19. The van der Waals surface area contributed by atoms with E-state index in [-0.39, 0.29) is 5.97 Å². The molecule has 0 aromatic heterocycles. The number of nitriles is 1. The Hall–Kier alpha value is -1.77. The summed E-state index contributed by atoms with van der Waals surface area (Å²) in [7, 11) is 1.34. The second-order valence-corrected chi connectivity index (χ2v) is 6.52. The highest BCUT2D eigenvalue weighted by atomic mass is 16.6. The van der Waals surface area contributed by atoms with E-state index in [1.54, 1.807) is 6.92 Å². The maximum Gasteiger partial charge on any atom is 0.410 e. The molecule has 6 nitrogen and oxygen atoms in total. The Bertz CT molecular complexity index is 474. The number of methoxy groups -OCH3 is 1. The Balaban J connectivity index is 2.06. The minimum absolute atomic E-state index is 0.309. The van der Waals surface area contributed by atoms with Gasteiger partial charge in [0, 0.05) is 13.0 Å². The summed E-state index contributed by atoms with van der Waals surface area (Å²) in [6.45, 7) is 2.64. The smallest absolute Gasteiger partial charge is 0.410 e. The molecule has 0 radical (unpaired) electrons. The fourth-order valence-electron chi connectivity index (χ4n) is 4.06. The SMILES string of the molecule is CCOC(=O)[C@@H]1C[C@H]2C[C@@H](CCC#N)CC[C@H]2CN1C(=O)OC. The molecule has 1 saturated carbocycles. The lowest BCUT2D eigenvalue weighted by Crippen LogP contribution is -2.55. The van der Waals surface area contributed by atoms with E-state index in [1.807, 2.05) is 0 Å². The van der Waals surface area contributed by atoms with Crippen LogP contribution in [0, 0.1) is 29.1 Å². The molecule has 0 unspecified atom stereocenters. The Morgan fingerprint density at radius 2 is 2.04 bits per heavy atom. The lowest BCUT2D eigenvalue weighted by molar-refractivity contribution is -0.152. The molecule has 0 N–H and O–H groups in total. The van der Waals surface area contributed by atoms with Crippen LogP contribution in [-0.4, -0.2) is 43.3 Å². The molecule has 1 aliphatic heterocycles. The van der Waals surface area contributed by atoms with Gasteiger partial charge in [0.15, 0.2) is 0 Å². The summed E-state index contributed by atoms with van der Waals surface area (Å²) < 4.78 is 9.99. The highest BCUT2D eigenvalue weighted by Crippen LogP contribution is 2.42. The van der Waals surface area contributed by atoms with Gasteiger partial charge in [0.1, 0.15) is 6.04 Å². The van der Waals surface area contributed by atoms with Crippen LogP contribution in [-0.2, 0) is 14.3 Å². The molecule has 128 valence electrons. The van der Waals surface area contributed by atoms with Crippen LogP contribution in [0.2, 0.25) is 0 Å². The number of fused-ring (bicyclic) bond motifs is 1. The third kappa shape index (κ3) is 4.15. The summed E-state index contributed by atoms with van der Waals surface area (Å²) in [6, 6.07) is 1.67. The van der Waals surface area contributed by atoms with E-state index in [1.165, 1.54) is 12.0 Å². The van der Waals surface area contributed by atoms with E-state index >= 15 is 0 Å². The van der Waals surface area contributed by atoms with E-state index in [2.05, 4.69) is 6.07 Å². The number of amides is 1. The molecule has 2 aliphatic rings. The first-order valence-corrected chi connectivity index (χ1v) is 8.48. The zero-order valence-corrected chi connectivity index (χ0v) is 14.0. The number of carbonyl (C=O) groups is 2. The monoisotopic (exact) mass is 322 g/mol. The van der Waals surface area contributed by atoms with Crippen molar-refractivity contribution in [2.45, 2.75) is 51.5 Å². The Morgan fingerprint density at radius 3 is 2.70 bits per heavy atom. The van der Waals surface area contributed by atoms with Crippen LogP contribution >= 0.6 is 0 Å². The van der Waals surface area contributed by atoms with Gasteiger partial charge in [-0.1, -0.05) is 6.42 Å². The lowest BCUT2D eigenvalue weighted by Gasteiger charge is -2.46. The van der Waals surface area contributed by atoms with Gasteiger partial charge < -0.3 is 9.47 Å². The van der Waals surface area contributed by atoms with Crippen molar-refractivity contribution >= 4 is 12.1 Å². The van der Waals surface area contributed by atoms with Crippen molar-refractivity contribution in [3.63, 3.8) is 0 Å². The topological polar surface area (TPSA) is 79.6 Å². The Morgan fingerprint density at radius 1 is 1.26 bits per heavy atom. The number of esters is 1. The minimum atomic E-state index is -0.543. The molecule has 1 saturated heterocycles. The number of ether oxygens (including phenoxy) is 2. The van der Waals surface area contributed by atoms with Gasteiger partial charge in [0.25, 0.3) is 0 Å². The average molecular weight is 322 g/mol. The van der Waals surface area contributed by atoms with Crippen molar-refractivity contribution in [2.75, 3.05) is 20.3 Å². The quantitative estimate of drug-likeness (QED) is 0.744. The maximum atomic E-state index is 12.2. The van der Waals surface area contributed by atoms with E-state index < -0.39 is 12.1 Å². The number of carbonyl (C=O) groups excluding carboxylic acids is 2. The van der Waals surface area contributed by atoms with Crippen molar-refractivity contribution in [1.29, 1.82) is 5.26 Å². The summed E-state index contributed by atoms with van der Waals surface area (Å²) >= 11 is 0. The van der Waals surface area contributed by atoms with Gasteiger partial charge in [-0.25, -0.2) is 9.59 Å². The predicted molar refractivity (Wildman–Crippen MR) is 83.3 cm³/mol. The lowest BCUT2D eigenvalue weighted by atomic mass is 9.68. The molecule has 6 heteroatoms. The van der Waals surface area contributed by atoms with Gasteiger partial charge in [-0.15, -0.1) is 0 Å². The van der Waals surface area contributed by atoms with Crippen molar-refractivity contribution in [3.05, 3.63) is 0 Å². The summed E-state index contributed by atoms with van der Waals surface area (Å²) in [4.78, 5) is 25.8. The zero-order chi connectivity index (χ0) is 16.8. The molecule has 1 amide bonds. The molecule has 2 fully saturated rings. The van der Waals surface area contributed by atoms with Crippen LogP contribution in [0.15, 0.2) is 0 Å². The van der Waals surface area contributed by atoms with Crippen LogP contribution in [0.25, 0.3) is 0 Å². The standard InChI is InChI=1S/C17H26N2O4/c1-3-23-16(20)15-10-14-9-12(5-4-8-18)6-7-13(14)11-19(15)17(21)22-2/h12-15H,3-7,9-11H2,1-2H3/t12-,13-,14+,15-/m0/s1. The van der Waals surface area contributed by atoms with Gasteiger partial charge in [-0.2, -0.15) is 5.26 Å². The number of likely N-dealkylation sites (tertiary alicyclic amines) is 1. The van der Waals surface area contributed by atoms with Crippen LogP contribution in [0.4, 0.5) is 4.79 Å². The summed E-state index contributed by atoms with van der Waals surface area (Å²) in [5, 5.41) is 8.76. The molecule has 0 aromatic carbocycles. The molecule has 1 heterocycles. The Labute approximate surface area is 137 Å². The van der Waals surface area contributed by atoms with Crippen molar-refractivity contribution in [2.24, 2.45) is 17.8 Å². The van der Waals surface area contributed by atoms with E-state index in [0.29, 0.717) is 43.7 Å². The average Bonchev–Trinajstić information content (AvgIpc) is 2.58. The normalized spacial score (nSPS) is 30.0. The number of piperidine rings is 1. The molecule has 1 aliphatic carbocycles. The van der Waals surface area contributed by atoms with Crippen LogP contribution < -0.4 is 0 Å². The van der Waals surface area contributed by atoms with Crippen molar-refractivity contribution in [1.82, 2.24) is 4.90 Å². The van der Waals surface area contributed by atoms with Gasteiger partial charge in [-0.05, 0) is 50.4 Å². The number of nitrogens with zero attached hydrogens (tertiary/aromatic N) is 2. The predicted octanol–water partition coefficient (Wildman–Crippen LogP) is 2.73. The van der Waals surface area contributed by atoms with E-state index in [0.717, 1.165) is 25.7 Å². The third-order valence-corrected chi connectivity index (χ3v) is 5.21. The molecule has 0 bridgehead atoms. The Kier molecular flexibility index (Phi) is 6.26. The molecule has 2 rings (SSSR count). The van der Waals surface area contributed by atoms with E-state index in [9.17, 15) is 9.59 Å².